The summed E-state index contributed by atoms with van der Waals surface area (Å²) in [6.45, 7) is 3.11. The monoisotopic (exact) mass is 213 g/mol. The second kappa shape index (κ2) is 3.74. The Labute approximate surface area is 95.1 Å². The van der Waals surface area contributed by atoms with Gasteiger partial charge in [0.2, 0.25) is 0 Å². The molecular weight excluding hydrogens is 198 g/mol. The van der Waals surface area contributed by atoms with Crippen molar-refractivity contribution < 1.29 is 0 Å². The molecule has 0 radical (unpaired) electrons. The number of benzene rings is 1. The molecule has 82 valence electrons. The Morgan fingerprint density at radius 3 is 2.69 bits per heavy atom. The summed E-state index contributed by atoms with van der Waals surface area (Å²) in [4.78, 5) is 4.60. The highest BCUT2D eigenvalue weighted by Crippen LogP contribution is 2.19. The van der Waals surface area contributed by atoms with Crippen LogP contribution in [0.3, 0.4) is 0 Å². The molecule has 16 heavy (non-hydrogen) atoms. The Kier molecular flexibility index (Phi) is 2.24. The lowest BCUT2D eigenvalue weighted by atomic mass is 10.1. The number of hydrogen-bond acceptors (Lipinski definition) is 2. The van der Waals surface area contributed by atoms with Crippen LogP contribution in [-0.4, -0.2) is 14.8 Å². The van der Waals surface area contributed by atoms with Crippen molar-refractivity contribution in [2.24, 2.45) is 0 Å². The molecule has 0 saturated heterocycles. The SMILES string of the molecule is Cc1ccc(-c2nc3n(n2)CCCC3)cc1. The molecule has 3 rings (SSSR count). The summed E-state index contributed by atoms with van der Waals surface area (Å²) in [6, 6.07) is 8.40. The summed E-state index contributed by atoms with van der Waals surface area (Å²) < 4.78 is 2.05. The molecule has 0 saturated carbocycles. The standard InChI is InChI=1S/C13H15N3/c1-10-5-7-11(8-6-10)13-14-12-4-2-3-9-16(12)15-13/h5-8H,2-4,9H2,1H3. The lowest BCUT2D eigenvalue weighted by Gasteiger charge is -2.09. The van der Waals surface area contributed by atoms with E-state index in [4.69, 9.17) is 0 Å². The third-order valence-electron chi connectivity index (χ3n) is 3.08. The fraction of sp³-hybridized carbons (Fsp3) is 0.385. The number of rotatable bonds is 1. The Bertz CT molecular complexity index is 473. The minimum Gasteiger partial charge on any atom is -0.249 e. The minimum atomic E-state index is 0.872. The average Bonchev–Trinajstić information content (AvgIpc) is 2.73. The van der Waals surface area contributed by atoms with Gasteiger partial charge in [-0.2, -0.15) is 5.10 Å². The molecule has 0 atom stereocenters. The van der Waals surface area contributed by atoms with Gasteiger partial charge in [0, 0.05) is 18.5 Å². The highest BCUT2D eigenvalue weighted by Gasteiger charge is 2.14. The normalized spacial score (nSPS) is 14.8. The molecule has 1 aromatic carbocycles. The van der Waals surface area contributed by atoms with Gasteiger partial charge in [-0.3, -0.25) is 0 Å². The molecule has 0 aliphatic carbocycles. The number of aromatic nitrogens is 3. The lowest BCUT2D eigenvalue weighted by molar-refractivity contribution is 0.480. The van der Waals surface area contributed by atoms with Gasteiger partial charge in [-0.05, 0) is 19.8 Å². The number of aryl methyl sites for hydroxylation is 3. The summed E-state index contributed by atoms with van der Waals surface area (Å²) in [5, 5.41) is 4.56. The van der Waals surface area contributed by atoms with E-state index in [9.17, 15) is 0 Å². The maximum Gasteiger partial charge on any atom is 0.181 e. The van der Waals surface area contributed by atoms with Crippen LogP contribution in [-0.2, 0) is 13.0 Å². The lowest BCUT2D eigenvalue weighted by Crippen LogP contribution is -2.11. The maximum atomic E-state index is 4.60. The van der Waals surface area contributed by atoms with Crippen LogP contribution < -0.4 is 0 Å². The van der Waals surface area contributed by atoms with E-state index >= 15 is 0 Å². The molecule has 3 nitrogen and oxygen atoms in total. The van der Waals surface area contributed by atoms with Crippen LogP contribution in [0.5, 0.6) is 0 Å². The van der Waals surface area contributed by atoms with Crippen molar-refractivity contribution in [3.63, 3.8) is 0 Å². The topological polar surface area (TPSA) is 30.7 Å². The van der Waals surface area contributed by atoms with Crippen molar-refractivity contribution in [1.29, 1.82) is 0 Å². The zero-order valence-electron chi connectivity index (χ0n) is 9.48. The molecule has 0 bridgehead atoms. The first-order valence-corrected chi connectivity index (χ1v) is 5.84. The molecule has 1 aliphatic rings. The third-order valence-corrected chi connectivity index (χ3v) is 3.08. The minimum absolute atomic E-state index is 0.872. The van der Waals surface area contributed by atoms with Crippen molar-refractivity contribution in [2.45, 2.75) is 32.7 Å². The van der Waals surface area contributed by atoms with E-state index in [0.717, 1.165) is 30.2 Å². The van der Waals surface area contributed by atoms with Crippen LogP contribution >= 0.6 is 0 Å². The van der Waals surface area contributed by atoms with Crippen molar-refractivity contribution in [2.75, 3.05) is 0 Å². The molecular formula is C13H15N3. The summed E-state index contributed by atoms with van der Waals surface area (Å²) in [7, 11) is 0. The highest BCUT2D eigenvalue weighted by atomic mass is 15.3. The maximum absolute atomic E-state index is 4.60. The van der Waals surface area contributed by atoms with Gasteiger partial charge in [0.05, 0.1) is 0 Å². The van der Waals surface area contributed by atoms with E-state index in [-0.39, 0.29) is 0 Å². The van der Waals surface area contributed by atoms with Crippen LogP contribution in [0.2, 0.25) is 0 Å². The van der Waals surface area contributed by atoms with Gasteiger partial charge in [0.15, 0.2) is 5.82 Å². The van der Waals surface area contributed by atoms with E-state index in [1.807, 2.05) is 0 Å². The molecule has 1 aliphatic heterocycles. The molecule has 3 heteroatoms. The predicted octanol–water partition coefficient (Wildman–Crippen LogP) is 2.59. The van der Waals surface area contributed by atoms with E-state index < -0.39 is 0 Å². The number of nitrogens with zero attached hydrogens (tertiary/aromatic N) is 3. The number of hydrogen-bond donors (Lipinski definition) is 0. The molecule has 0 fully saturated rings. The first-order chi connectivity index (χ1) is 7.83. The van der Waals surface area contributed by atoms with E-state index in [1.165, 1.54) is 18.4 Å². The first-order valence-electron chi connectivity index (χ1n) is 5.84. The summed E-state index contributed by atoms with van der Waals surface area (Å²) in [5.41, 5.74) is 2.39. The quantitative estimate of drug-likeness (QED) is 0.729. The van der Waals surface area contributed by atoms with Gasteiger partial charge in [0.25, 0.3) is 0 Å². The number of fused-ring (bicyclic) bond motifs is 1. The molecule has 2 heterocycles. The van der Waals surface area contributed by atoms with Gasteiger partial charge in [-0.25, -0.2) is 9.67 Å². The highest BCUT2D eigenvalue weighted by molar-refractivity contribution is 5.54. The smallest absolute Gasteiger partial charge is 0.181 e. The van der Waals surface area contributed by atoms with Gasteiger partial charge >= 0.3 is 0 Å². The molecule has 0 N–H and O–H groups in total. The third kappa shape index (κ3) is 1.62. The van der Waals surface area contributed by atoms with Gasteiger partial charge < -0.3 is 0 Å². The second-order valence-electron chi connectivity index (χ2n) is 4.40. The fourth-order valence-electron chi connectivity index (χ4n) is 2.11. The largest absolute Gasteiger partial charge is 0.249 e. The fourth-order valence-corrected chi connectivity index (χ4v) is 2.11. The van der Waals surface area contributed by atoms with Crippen LogP contribution in [0.25, 0.3) is 11.4 Å². The van der Waals surface area contributed by atoms with E-state index in [1.54, 1.807) is 0 Å². The second-order valence-corrected chi connectivity index (χ2v) is 4.40. The van der Waals surface area contributed by atoms with Gasteiger partial charge in [-0.1, -0.05) is 29.8 Å². The van der Waals surface area contributed by atoms with Crippen LogP contribution in [0.15, 0.2) is 24.3 Å². The van der Waals surface area contributed by atoms with Gasteiger partial charge in [-0.15, -0.1) is 0 Å². The van der Waals surface area contributed by atoms with Crippen LogP contribution in [0.4, 0.5) is 0 Å². The predicted molar refractivity (Wildman–Crippen MR) is 63.1 cm³/mol. The van der Waals surface area contributed by atoms with Crippen molar-refractivity contribution in [1.82, 2.24) is 14.8 Å². The molecule has 1 aromatic heterocycles. The molecule has 0 spiro atoms. The molecule has 2 aromatic rings. The molecule has 0 unspecified atom stereocenters. The van der Waals surface area contributed by atoms with Crippen molar-refractivity contribution in [3.8, 4) is 11.4 Å². The Morgan fingerprint density at radius 1 is 1.12 bits per heavy atom. The van der Waals surface area contributed by atoms with Crippen molar-refractivity contribution >= 4 is 0 Å². The average molecular weight is 213 g/mol. The van der Waals surface area contributed by atoms with Crippen LogP contribution in [0.1, 0.15) is 24.2 Å². The summed E-state index contributed by atoms with van der Waals surface area (Å²) >= 11 is 0. The zero-order chi connectivity index (χ0) is 11.0. The van der Waals surface area contributed by atoms with E-state index in [2.05, 4.69) is 46.0 Å². The van der Waals surface area contributed by atoms with E-state index in [0.29, 0.717) is 0 Å². The zero-order valence-corrected chi connectivity index (χ0v) is 9.48. The van der Waals surface area contributed by atoms with Crippen LogP contribution in [0, 0.1) is 6.92 Å². The molecule has 0 amide bonds. The first kappa shape index (κ1) is 9.58. The summed E-state index contributed by atoms with van der Waals surface area (Å²) in [6.07, 6.45) is 3.54. The van der Waals surface area contributed by atoms with Gasteiger partial charge in [0.1, 0.15) is 5.82 Å². The Morgan fingerprint density at radius 2 is 1.94 bits per heavy atom. The summed E-state index contributed by atoms with van der Waals surface area (Å²) in [5.74, 6) is 2.01. The Balaban J connectivity index is 2.00. The van der Waals surface area contributed by atoms with Crippen molar-refractivity contribution in [3.05, 3.63) is 35.7 Å². The Hall–Kier alpha value is -1.64.